The smallest absolute Gasteiger partial charge is 0.306 e. The Labute approximate surface area is 203 Å². The van der Waals surface area contributed by atoms with Gasteiger partial charge in [-0.15, -0.1) is 0 Å². The number of rotatable bonds is 6. The Kier molecular flexibility index (Phi) is 6.29. The molecule has 3 fully saturated rings. The second-order valence-corrected chi connectivity index (χ2v) is 11.8. The fraction of sp³-hybridized carbons (Fsp3) is 0.633. The van der Waals surface area contributed by atoms with Gasteiger partial charge in [-0.05, 0) is 91.6 Å². The summed E-state index contributed by atoms with van der Waals surface area (Å²) in [4.78, 5) is 37.6. The number of allylic oxidation sites excluding steroid dienone is 1. The van der Waals surface area contributed by atoms with Gasteiger partial charge in [0.2, 0.25) is 0 Å². The minimum Gasteiger partial charge on any atom is -0.458 e. The summed E-state index contributed by atoms with van der Waals surface area (Å²) in [5.74, 6) is 1.96. The first kappa shape index (κ1) is 23.5. The Balaban J connectivity index is 1.20. The SMILES string of the molecule is C[C@]12CC[C@@H]3[C@@H](CCC4=CC(=O)CC[C@@]43C)[C@@H]1CC[C@@H]2C(=O)COC(=O)CCc1ccccc1. The molecule has 34 heavy (non-hydrogen) atoms. The van der Waals surface area contributed by atoms with Crippen molar-refractivity contribution in [3.63, 3.8) is 0 Å². The van der Waals surface area contributed by atoms with E-state index < -0.39 is 0 Å². The molecule has 0 saturated heterocycles. The third kappa shape index (κ3) is 4.07. The van der Waals surface area contributed by atoms with E-state index in [0.717, 1.165) is 50.5 Å². The van der Waals surface area contributed by atoms with Crippen molar-refractivity contribution >= 4 is 17.5 Å². The number of hydrogen-bond acceptors (Lipinski definition) is 4. The zero-order chi connectivity index (χ0) is 23.9. The van der Waals surface area contributed by atoms with Gasteiger partial charge in [-0.25, -0.2) is 0 Å². The highest BCUT2D eigenvalue weighted by molar-refractivity contribution is 5.91. The molecule has 0 radical (unpaired) electrons. The summed E-state index contributed by atoms with van der Waals surface area (Å²) in [5, 5.41) is 0. The third-order valence-corrected chi connectivity index (χ3v) is 10.2. The Hall–Kier alpha value is -2.23. The van der Waals surface area contributed by atoms with Crippen LogP contribution < -0.4 is 0 Å². The summed E-state index contributed by atoms with van der Waals surface area (Å²) in [6.45, 7) is 4.65. The van der Waals surface area contributed by atoms with E-state index >= 15 is 0 Å². The summed E-state index contributed by atoms with van der Waals surface area (Å²) < 4.78 is 5.44. The summed E-state index contributed by atoms with van der Waals surface area (Å²) >= 11 is 0. The quantitative estimate of drug-likeness (QED) is 0.495. The molecule has 4 heteroatoms. The van der Waals surface area contributed by atoms with Crippen LogP contribution in [0.2, 0.25) is 0 Å². The van der Waals surface area contributed by atoms with E-state index in [-0.39, 0.29) is 35.1 Å². The van der Waals surface area contributed by atoms with Gasteiger partial charge in [0.25, 0.3) is 0 Å². The monoisotopic (exact) mass is 462 g/mol. The fourth-order valence-electron chi connectivity index (χ4n) is 8.30. The number of fused-ring (bicyclic) bond motifs is 5. The lowest BCUT2D eigenvalue weighted by Crippen LogP contribution is -2.51. The van der Waals surface area contributed by atoms with Crippen LogP contribution in [0, 0.1) is 34.5 Å². The molecule has 182 valence electrons. The second-order valence-electron chi connectivity index (χ2n) is 11.8. The van der Waals surface area contributed by atoms with Crippen molar-refractivity contribution in [1.82, 2.24) is 0 Å². The van der Waals surface area contributed by atoms with Gasteiger partial charge >= 0.3 is 5.97 Å². The number of carbonyl (C=O) groups is 3. The topological polar surface area (TPSA) is 60.4 Å². The molecule has 3 saturated carbocycles. The lowest BCUT2D eigenvalue weighted by Gasteiger charge is -2.58. The number of esters is 1. The number of Topliss-reactive ketones (excluding diaryl/α,β-unsaturated/α-hetero) is 1. The molecule has 1 aromatic carbocycles. The van der Waals surface area contributed by atoms with Crippen LogP contribution in [0.25, 0.3) is 0 Å². The van der Waals surface area contributed by atoms with E-state index in [0.29, 0.717) is 42.8 Å². The van der Waals surface area contributed by atoms with Gasteiger partial charge in [-0.3, -0.25) is 14.4 Å². The van der Waals surface area contributed by atoms with Gasteiger partial charge in [0.15, 0.2) is 11.6 Å². The number of benzene rings is 1. The molecule has 4 nitrogen and oxygen atoms in total. The minimum atomic E-state index is -0.285. The van der Waals surface area contributed by atoms with Gasteiger partial charge in [0.1, 0.15) is 6.61 Å². The first-order valence-electron chi connectivity index (χ1n) is 13.3. The summed E-state index contributed by atoms with van der Waals surface area (Å²) in [6.07, 6.45) is 11.0. The van der Waals surface area contributed by atoms with Crippen molar-refractivity contribution in [2.24, 2.45) is 34.5 Å². The zero-order valence-electron chi connectivity index (χ0n) is 20.7. The zero-order valence-corrected chi connectivity index (χ0v) is 20.7. The average Bonchev–Trinajstić information content (AvgIpc) is 3.19. The Morgan fingerprint density at radius 2 is 1.76 bits per heavy atom. The largest absolute Gasteiger partial charge is 0.458 e. The molecule has 6 atom stereocenters. The van der Waals surface area contributed by atoms with Crippen LogP contribution in [0.4, 0.5) is 0 Å². The van der Waals surface area contributed by atoms with Gasteiger partial charge < -0.3 is 4.74 Å². The normalized spacial score (nSPS) is 36.6. The molecule has 4 aliphatic rings. The highest BCUT2D eigenvalue weighted by Crippen LogP contribution is 2.66. The van der Waals surface area contributed by atoms with Crippen LogP contribution in [-0.2, 0) is 25.5 Å². The molecule has 0 bridgehead atoms. The van der Waals surface area contributed by atoms with E-state index in [1.54, 1.807) is 0 Å². The Bertz CT molecular complexity index is 994. The lowest BCUT2D eigenvalue weighted by atomic mass is 9.46. The molecular weight excluding hydrogens is 424 g/mol. The Morgan fingerprint density at radius 1 is 0.971 bits per heavy atom. The maximum Gasteiger partial charge on any atom is 0.306 e. The van der Waals surface area contributed by atoms with Gasteiger partial charge in [-0.2, -0.15) is 0 Å². The van der Waals surface area contributed by atoms with Crippen molar-refractivity contribution in [2.45, 2.75) is 78.1 Å². The highest BCUT2D eigenvalue weighted by Gasteiger charge is 2.60. The third-order valence-electron chi connectivity index (χ3n) is 10.2. The molecule has 4 aliphatic carbocycles. The molecule has 1 aromatic rings. The summed E-state index contributed by atoms with van der Waals surface area (Å²) in [6, 6.07) is 9.90. The summed E-state index contributed by atoms with van der Waals surface area (Å²) in [5.41, 5.74) is 2.67. The van der Waals surface area contributed by atoms with Crippen molar-refractivity contribution in [1.29, 1.82) is 0 Å². The van der Waals surface area contributed by atoms with Crippen LogP contribution in [0.1, 0.15) is 77.2 Å². The van der Waals surface area contributed by atoms with Crippen molar-refractivity contribution in [3.05, 3.63) is 47.5 Å². The number of carbonyl (C=O) groups excluding carboxylic acids is 3. The summed E-state index contributed by atoms with van der Waals surface area (Å²) in [7, 11) is 0. The van der Waals surface area contributed by atoms with Crippen LogP contribution in [0.15, 0.2) is 42.0 Å². The highest BCUT2D eigenvalue weighted by atomic mass is 16.5. The van der Waals surface area contributed by atoms with E-state index in [4.69, 9.17) is 4.74 Å². The Morgan fingerprint density at radius 3 is 2.56 bits per heavy atom. The fourth-order valence-corrected chi connectivity index (χ4v) is 8.30. The molecule has 0 amide bonds. The van der Waals surface area contributed by atoms with Gasteiger partial charge in [0, 0.05) is 18.8 Å². The van der Waals surface area contributed by atoms with Crippen LogP contribution in [-0.4, -0.2) is 24.1 Å². The number of ether oxygens (including phenoxy) is 1. The van der Waals surface area contributed by atoms with E-state index in [2.05, 4.69) is 13.8 Å². The lowest BCUT2D eigenvalue weighted by molar-refractivity contribution is -0.151. The van der Waals surface area contributed by atoms with Crippen LogP contribution in [0.3, 0.4) is 0 Å². The second kappa shape index (κ2) is 9.09. The number of ketones is 2. The molecule has 0 unspecified atom stereocenters. The van der Waals surface area contributed by atoms with E-state index in [1.165, 1.54) is 5.57 Å². The number of aryl methyl sites for hydroxylation is 1. The maximum atomic E-state index is 13.2. The first-order chi connectivity index (χ1) is 16.3. The van der Waals surface area contributed by atoms with Crippen LogP contribution >= 0.6 is 0 Å². The van der Waals surface area contributed by atoms with Crippen molar-refractivity contribution in [2.75, 3.05) is 6.61 Å². The maximum absolute atomic E-state index is 13.2. The van der Waals surface area contributed by atoms with E-state index in [1.807, 2.05) is 36.4 Å². The average molecular weight is 463 g/mol. The minimum absolute atomic E-state index is 0.00180. The molecule has 0 aliphatic heterocycles. The molecule has 0 aromatic heterocycles. The van der Waals surface area contributed by atoms with Crippen molar-refractivity contribution < 1.29 is 19.1 Å². The van der Waals surface area contributed by atoms with Crippen molar-refractivity contribution in [3.8, 4) is 0 Å². The predicted octanol–water partition coefficient (Wildman–Crippen LogP) is 5.88. The molecule has 5 rings (SSSR count). The van der Waals surface area contributed by atoms with Crippen LogP contribution in [0.5, 0.6) is 0 Å². The molecular formula is C30H38O4. The van der Waals surface area contributed by atoms with Gasteiger partial charge in [-0.1, -0.05) is 49.8 Å². The molecule has 0 heterocycles. The molecule has 0 N–H and O–H groups in total. The first-order valence-corrected chi connectivity index (χ1v) is 13.3. The van der Waals surface area contributed by atoms with E-state index in [9.17, 15) is 14.4 Å². The standard InChI is InChI=1S/C30H38O4/c1-29-16-14-22(31)18-21(29)9-10-23-24-11-12-26(30(24,2)17-15-25(23)29)27(32)19-34-28(33)13-8-20-6-4-3-5-7-20/h3-7,18,23-26H,8-17,19H2,1-2H3/t23-,24-,25+,26+,29-,30-/m0/s1. The number of hydrogen-bond donors (Lipinski definition) is 0. The predicted molar refractivity (Wildman–Crippen MR) is 131 cm³/mol. The molecule has 0 spiro atoms. The van der Waals surface area contributed by atoms with Gasteiger partial charge in [0.05, 0.1) is 0 Å².